The first-order valence-corrected chi connectivity index (χ1v) is 8.77. The summed E-state index contributed by atoms with van der Waals surface area (Å²) in [6.07, 6.45) is 2.15. The minimum atomic E-state index is -3.51. The number of amides is 1. The van der Waals surface area contributed by atoms with Gasteiger partial charge in [0.15, 0.2) is 0 Å². The number of carbonyl (C=O) groups excluding carboxylic acids is 1. The van der Waals surface area contributed by atoms with Crippen LogP contribution in [0.1, 0.15) is 38.7 Å². The lowest BCUT2D eigenvalue weighted by atomic mass is 10.2. The number of anilines is 1. The molecule has 0 aromatic heterocycles. The average Bonchev–Trinajstić information content (AvgIpc) is 2.83. The molecule has 1 heterocycles. The Hall–Kier alpha value is -1.40. The van der Waals surface area contributed by atoms with Crippen molar-refractivity contribution < 1.29 is 13.2 Å². The Labute approximate surface area is 126 Å². The molecule has 1 aromatic rings. The normalized spacial score (nSPS) is 17.3. The van der Waals surface area contributed by atoms with E-state index in [1.165, 1.54) is 0 Å². The van der Waals surface area contributed by atoms with Gasteiger partial charge in [-0.05, 0) is 50.5 Å². The van der Waals surface area contributed by atoms with Gasteiger partial charge in [0.25, 0.3) is 0 Å². The van der Waals surface area contributed by atoms with Gasteiger partial charge in [-0.15, -0.1) is 0 Å². The first kappa shape index (κ1) is 16.0. The number of aryl methyl sites for hydroxylation is 1. The molecule has 0 saturated carbocycles. The Morgan fingerprint density at radius 2 is 2.10 bits per heavy atom. The Balaban J connectivity index is 2.29. The van der Waals surface area contributed by atoms with Crippen molar-refractivity contribution in [2.24, 2.45) is 0 Å². The molecule has 0 spiro atoms. The molecule has 1 amide bonds. The molecule has 6 heteroatoms. The van der Waals surface area contributed by atoms with Crippen LogP contribution in [-0.4, -0.2) is 26.9 Å². The largest absolute Gasteiger partial charge is 0.312 e. The quantitative estimate of drug-likeness (QED) is 0.906. The van der Waals surface area contributed by atoms with E-state index in [0.29, 0.717) is 18.5 Å². The molecule has 1 N–H and O–H groups in total. The van der Waals surface area contributed by atoms with Crippen molar-refractivity contribution in [3.8, 4) is 0 Å². The lowest BCUT2D eigenvalue weighted by molar-refractivity contribution is -0.117. The molecule has 0 radical (unpaired) electrons. The highest BCUT2D eigenvalue weighted by Gasteiger charge is 2.24. The fraction of sp³-hybridized carbons (Fsp3) is 0.533. The zero-order chi connectivity index (χ0) is 15.6. The fourth-order valence-electron chi connectivity index (χ4n) is 2.44. The highest BCUT2D eigenvalue weighted by Crippen LogP contribution is 2.26. The van der Waals surface area contributed by atoms with Gasteiger partial charge in [-0.3, -0.25) is 4.79 Å². The van der Waals surface area contributed by atoms with Crippen molar-refractivity contribution in [3.05, 3.63) is 23.8 Å². The second-order valence-corrected chi connectivity index (χ2v) is 7.21. The number of carbonyl (C=O) groups is 1. The molecular formula is C15H22N2O3S. The molecule has 1 aliphatic heterocycles. The molecule has 0 unspecified atom stereocenters. The van der Waals surface area contributed by atoms with E-state index in [1.54, 1.807) is 30.0 Å². The molecule has 1 saturated heterocycles. The van der Waals surface area contributed by atoms with E-state index in [4.69, 9.17) is 0 Å². The average molecular weight is 310 g/mol. The maximum absolute atomic E-state index is 12.3. The molecule has 21 heavy (non-hydrogen) atoms. The molecule has 1 atom stereocenters. The van der Waals surface area contributed by atoms with E-state index in [1.807, 2.05) is 13.8 Å². The number of sulfonamides is 1. The van der Waals surface area contributed by atoms with Crippen LogP contribution < -0.4 is 9.62 Å². The number of hydrogen-bond donors (Lipinski definition) is 1. The lowest BCUT2D eigenvalue weighted by Gasteiger charge is -2.18. The van der Waals surface area contributed by atoms with E-state index >= 15 is 0 Å². The lowest BCUT2D eigenvalue weighted by Crippen LogP contribution is -2.32. The first-order valence-electron chi connectivity index (χ1n) is 7.28. The maximum Gasteiger partial charge on any atom is 0.241 e. The van der Waals surface area contributed by atoms with Gasteiger partial charge in [-0.2, -0.15) is 0 Å². The van der Waals surface area contributed by atoms with Gasteiger partial charge in [-0.1, -0.05) is 6.92 Å². The van der Waals surface area contributed by atoms with Crippen LogP contribution >= 0.6 is 0 Å². The number of hydrogen-bond acceptors (Lipinski definition) is 3. The summed E-state index contributed by atoms with van der Waals surface area (Å²) in [6, 6.07) is 4.96. The van der Waals surface area contributed by atoms with E-state index in [9.17, 15) is 13.2 Å². The summed E-state index contributed by atoms with van der Waals surface area (Å²) >= 11 is 0. The van der Waals surface area contributed by atoms with E-state index in [0.717, 1.165) is 18.5 Å². The third kappa shape index (κ3) is 3.44. The summed E-state index contributed by atoms with van der Waals surface area (Å²) in [5.41, 5.74) is 1.43. The van der Waals surface area contributed by atoms with Crippen LogP contribution in [0.15, 0.2) is 23.1 Å². The van der Waals surface area contributed by atoms with Crippen molar-refractivity contribution in [1.29, 1.82) is 0 Å². The van der Waals surface area contributed by atoms with Gasteiger partial charge in [0.05, 0.1) is 4.90 Å². The Kier molecular flexibility index (Phi) is 4.68. The van der Waals surface area contributed by atoms with E-state index in [-0.39, 0.29) is 16.8 Å². The maximum atomic E-state index is 12.3. The standard InChI is InChI=1S/C15H22N2O3S/c1-4-12(3)16-21(19,20)14-8-7-13(10-11(14)2)17-9-5-6-15(17)18/h7-8,10,12,16H,4-6,9H2,1-3H3/t12-/m1/s1. The molecular weight excluding hydrogens is 288 g/mol. The van der Waals surface area contributed by atoms with Gasteiger partial charge in [0.2, 0.25) is 15.9 Å². The zero-order valence-corrected chi connectivity index (χ0v) is 13.5. The molecule has 116 valence electrons. The number of nitrogens with one attached hydrogen (secondary N) is 1. The second-order valence-electron chi connectivity index (χ2n) is 5.53. The molecule has 2 rings (SSSR count). The number of rotatable bonds is 5. The van der Waals surface area contributed by atoms with Crippen LogP contribution in [0, 0.1) is 6.92 Å². The van der Waals surface area contributed by atoms with Crippen LogP contribution in [0.3, 0.4) is 0 Å². The Morgan fingerprint density at radius 3 is 2.62 bits per heavy atom. The van der Waals surface area contributed by atoms with Gasteiger partial charge >= 0.3 is 0 Å². The highest BCUT2D eigenvalue weighted by molar-refractivity contribution is 7.89. The van der Waals surface area contributed by atoms with E-state index in [2.05, 4.69) is 4.72 Å². The van der Waals surface area contributed by atoms with Crippen molar-refractivity contribution in [3.63, 3.8) is 0 Å². The van der Waals surface area contributed by atoms with Gasteiger partial charge in [-0.25, -0.2) is 13.1 Å². The molecule has 1 fully saturated rings. The van der Waals surface area contributed by atoms with Crippen LogP contribution in [-0.2, 0) is 14.8 Å². The third-order valence-electron chi connectivity index (χ3n) is 3.80. The second kappa shape index (κ2) is 6.15. The molecule has 0 aliphatic carbocycles. The Morgan fingerprint density at radius 1 is 1.38 bits per heavy atom. The molecule has 5 nitrogen and oxygen atoms in total. The van der Waals surface area contributed by atoms with Gasteiger partial charge in [0, 0.05) is 24.7 Å². The van der Waals surface area contributed by atoms with Crippen molar-refractivity contribution >= 4 is 21.6 Å². The smallest absolute Gasteiger partial charge is 0.241 e. The zero-order valence-electron chi connectivity index (χ0n) is 12.7. The molecule has 1 aliphatic rings. The topological polar surface area (TPSA) is 66.5 Å². The summed E-state index contributed by atoms with van der Waals surface area (Å²) in [7, 11) is -3.51. The van der Waals surface area contributed by atoms with Crippen molar-refractivity contribution in [1.82, 2.24) is 4.72 Å². The predicted octanol–water partition coefficient (Wildman–Crippen LogP) is 2.20. The van der Waals surface area contributed by atoms with Crippen molar-refractivity contribution in [2.45, 2.75) is 51.0 Å². The summed E-state index contributed by atoms with van der Waals surface area (Å²) < 4.78 is 27.3. The number of nitrogens with zero attached hydrogens (tertiary/aromatic N) is 1. The highest BCUT2D eigenvalue weighted by atomic mass is 32.2. The minimum absolute atomic E-state index is 0.0998. The summed E-state index contributed by atoms with van der Waals surface area (Å²) in [5.74, 6) is 0.0998. The van der Waals surface area contributed by atoms with Crippen LogP contribution in [0.2, 0.25) is 0 Å². The third-order valence-corrected chi connectivity index (χ3v) is 5.55. The summed E-state index contributed by atoms with van der Waals surface area (Å²) in [6.45, 7) is 6.23. The molecule has 1 aromatic carbocycles. The van der Waals surface area contributed by atoms with Crippen molar-refractivity contribution in [2.75, 3.05) is 11.4 Å². The van der Waals surface area contributed by atoms with Crippen LogP contribution in [0.4, 0.5) is 5.69 Å². The van der Waals surface area contributed by atoms with Crippen LogP contribution in [0.25, 0.3) is 0 Å². The van der Waals surface area contributed by atoms with Crippen LogP contribution in [0.5, 0.6) is 0 Å². The first-order chi connectivity index (χ1) is 9.85. The minimum Gasteiger partial charge on any atom is -0.312 e. The van der Waals surface area contributed by atoms with Gasteiger partial charge < -0.3 is 4.90 Å². The predicted molar refractivity (Wildman–Crippen MR) is 82.8 cm³/mol. The summed E-state index contributed by atoms with van der Waals surface area (Å²) in [5, 5.41) is 0. The monoisotopic (exact) mass is 310 g/mol. The SMILES string of the molecule is CC[C@@H](C)NS(=O)(=O)c1ccc(N2CCCC2=O)cc1C. The van der Waals surface area contributed by atoms with Gasteiger partial charge in [0.1, 0.15) is 0 Å². The molecule has 0 bridgehead atoms. The fourth-order valence-corrected chi connectivity index (χ4v) is 3.99. The Bertz CT molecular complexity index is 640. The number of benzene rings is 1. The van der Waals surface area contributed by atoms with E-state index < -0.39 is 10.0 Å². The summed E-state index contributed by atoms with van der Waals surface area (Å²) in [4.78, 5) is 13.7.